The molecule has 1 aromatic heterocycles. The van der Waals surface area contributed by atoms with E-state index in [1.807, 2.05) is 24.3 Å². The van der Waals surface area contributed by atoms with Crippen molar-refractivity contribution in [1.29, 1.82) is 0 Å². The summed E-state index contributed by atoms with van der Waals surface area (Å²) in [6.07, 6.45) is 2.89. The lowest BCUT2D eigenvalue weighted by atomic mass is 10.2. The van der Waals surface area contributed by atoms with Crippen molar-refractivity contribution in [1.82, 2.24) is 9.78 Å². The average molecular weight is 388 g/mol. The van der Waals surface area contributed by atoms with E-state index in [2.05, 4.69) is 10.4 Å². The quantitative estimate of drug-likeness (QED) is 0.740. The highest BCUT2D eigenvalue weighted by Gasteiger charge is 2.22. The molecule has 138 valence electrons. The third-order valence-electron chi connectivity index (χ3n) is 4.04. The van der Waals surface area contributed by atoms with Crippen molar-refractivity contribution in [3.8, 4) is 11.5 Å². The Morgan fingerprint density at radius 1 is 1.26 bits per heavy atom. The van der Waals surface area contributed by atoms with E-state index >= 15 is 0 Å². The van der Waals surface area contributed by atoms with Gasteiger partial charge in [-0.05, 0) is 24.3 Å². The van der Waals surface area contributed by atoms with Crippen LogP contribution in [0, 0.1) is 5.82 Å². The van der Waals surface area contributed by atoms with Gasteiger partial charge in [0.1, 0.15) is 12.4 Å². The molecule has 3 aromatic rings. The topological polar surface area (TPSA) is 65.4 Å². The van der Waals surface area contributed by atoms with Crippen molar-refractivity contribution in [2.45, 2.75) is 12.6 Å². The van der Waals surface area contributed by atoms with Gasteiger partial charge < -0.3 is 14.8 Å². The Balaban J connectivity index is 1.41. The lowest BCUT2D eigenvalue weighted by Crippen LogP contribution is -2.33. The Morgan fingerprint density at radius 3 is 2.89 bits per heavy atom. The SMILES string of the molecule is O=C(Nc1cnn(C[C@H]2COc3ccccc3O2)c1)c1c(F)cccc1Cl. The minimum atomic E-state index is -0.682. The molecule has 0 bridgehead atoms. The van der Waals surface area contributed by atoms with Crippen molar-refractivity contribution in [3.05, 3.63) is 71.3 Å². The zero-order chi connectivity index (χ0) is 18.8. The van der Waals surface area contributed by atoms with Crippen LogP contribution < -0.4 is 14.8 Å². The van der Waals surface area contributed by atoms with Crippen molar-refractivity contribution in [3.63, 3.8) is 0 Å². The summed E-state index contributed by atoms with van der Waals surface area (Å²) >= 11 is 5.91. The fourth-order valence-electron chi connectivity index (χ4n) is 2.80. The van der Waals surface area contributed by atoms with Gasteiger partial charge in [0.2, 0.25) is 0 Å². The lowest BCUT2D eigenvalue weighted by Gasteiger charge is -2.26. The van der Waals surface area contributed by atoms with E-state index in [4.69, 9.17) is 21.1 Å². The summed E-state index contributed by atoms with van der Waals surface area (Å²) in [5.41, 5.74) is 0.226. The maximum absolute atomic E-state index is 13.8. The number of para-hydroxylation sites is 2. The zero-order valence-corrected chi connectivity index (χ0v) is 14.8. The molecule has 1 aliphatic heterocycles. The highest BCUT2D eigenvalue weighted by molar-refractivity contribution is 6.34. The third-order valence-corrected chi connectivity index (χ3v) is 4.35. The van der Waals surface area contributed by atoms with E-state index in [1.54, 1.807) is 10.9 Å². The fraction of sp³-hybridized carbons (Fsp3) is 0.158. The molecular weight excluding hydrogens is 373 g/mol. The van der Waals surface area contributed by atoms with Gasteiger partial charge in [-0.3, -0.25) is 9.48 Å². The Labute approximate surface area is 159 Å². The number of nitrogens with zero attached hydrogens (tertiary/aromatic N) is 2. The van der Waals surface area contributed by atoms with E-state index in [-0.39, 0.29) is 16.7 Å². The molecular formula is C19H15ClFN3O3. The van der Waals surface area contributed by atoms with E-state index in [0.717, 1.165) is 0 Å². The van der Waals surface area contributed by atoms with Crippen LogP contribution in [0.3, 0.4) is 0 Å². The molecule has 2 heterocycles. The standard InChI is InChI=1S/C19H15ClFN3O3/c20-14-4-3-5-15(21)18(14)19(25)23-12-8-22-24(9-12)10-13-11-26-16-6-1-2-7-17(16)27-13/h1-9,13H,10-11H2,(H,23,25)/t13-/m0/s1. The molecule has 1 N–H and O–H groups in total. The highest BCUT2D eigenvalue weighted by Crippen LogP contribution is 2.31. The van der Waals surface area contributed by atoms with E-state index < -0.39 is 11.7 Å². The number of nitrogens with one attached hydrogen (secondary N) is 1. The number of carbonyl (C=O) groups is 1. The van der Waals surface area contributed by atoms with Crippen LogP contribution in [0.4, 0.5) is 10.1 Å². The molecule has 0 fully saturated rings. The maximum atomic E-state index is 13.8. The molecule has 0 spiro atoms. The van der Waals surface area contributed by atoms with Gasteiger partial charge in [-0.2, -0.15) is 5.10 Å². The smallest absolute Gasteiger partial charge is 0.260 e. The molecule has 1 aliphatic rings. The van der Waals surface area contributed by atoms with Crippen LogP contribution in [-0.4, -0.2) is 28.4 Å². The van der Waals surface area contributed by atoms with Gasteiger partial charge in [-0.1, -0.05) is 29.8 Å². The summed E-state index contributed by atoms with van der Waals surface area (Å²) in [6.45, 7) is 0.827. The van der Waals surface area contributed by atoms with E-state index in [0.29, 0.717) is 30.3 Å². The number of rotatable bonds is 4. The molecule has 6 nitrogen and oxygen atoms in total. The summed E-state index contributed by atoms with van der Waals surface area (Å²) in [7, 11) is 0. The van der Waals surface area contributed by atoms with Crippen molar-refractivity contribution >= 4 is 23.2 Å². The molecule has 0 saturated carbocycles. The van der Waals surface area contributed by atoms with Gasteiger partial charge in [-0.15, -0.1) is 0 Å². The number of anilines is 1. The molecule has 1 atom stereocenters. The predicted molar refractivity (Wildman–Crippen MR) is 97.9 cm³/mol. The average Bonchev–Trinajstić information content (AvgIpc) is 3.08. The van der Waals surface area contributed by atoms with Crippen LogP contribution in [0.5, 0.6) is 11.5 Å². The van der Waals surface area contributed by atoms with Crippen molar-refractivity contribution in [2.24, 2.45) is 0 Å². The molecule has 0 unspecified atom stereocenters. The summed E-state index contributed by atoms with van der Waals surface area (Å²) < 4.78 is 27.0. The number of benzene rings is 2. The number of fused-ring (bicyclic) bond motifs is 1. The van der Waals surface area contributed by atoms with Crippen LogP contribution in [0.25, 0.3) is 0 Å². The van der Waals surface area contributed by atoms with Gasteiger partial charge in [0.05, 0.1) is 29.0 Å². The molecule has 0 radical (unpaired) electrons. The van der Waals surface area contributed by atoms with Gasteiger partial charge in [-0.25, -0.2) is 4.39 Å². The zero-order valence-electron chi connectivity index (χ0n) is 14.1. The number of ether oxygens (including phenoxy) is 2. The number of hydrogen-bond donors (Lipinski definition) is 1. The predicted octanol–water partition coefficient (Wildman–Crippen LogP) is 3.77. The van der Waals surface area contributed by atoms with Gasteiger partial charge in [0.25, 0.3) is 5.91 Å². The molecule has 2 aromatic carbocycles. The number of carbonyl (C=O) groups excluding carboxylic acids is 1. The Kier molecular flexibility index (Phi) is 4.68. The van der Waals surface area contributed by atoms with Crippen LogP contribution in [0.1, 0.15) is 10.4 Å². The summed E-state index contributed by atoms with van der Waals surface area (Å²) in [4.78, 5) is 12.3. The summed E-state index contributed by atoms with van der Waals surface area (Å²) in [5.74, 6) is 0.0789. The Bertz CT molecular complexity index is 972. The monoisotopic (exact) mass is 387 g/mol. The van der Waals surface area contributed by atoms with Gasteiger partial charge >= 0.3 is 0 Å². The Morgan fingerprint density at radius 2 is 2.07 bits per heavy atom. The summed E-state index contributed by atoms with van der Waals surface area (Å²) in [5, 5.41) is 6.84. The van der Waals surface area contributed by atoms with Crippen molar-refractivity contribution < 1.29 is 18.7 Å². The molecule has 8 heteroatoms. The molecule has 4 rings (SSSR count). The van der Waals surface area contributed by atoms with Crippen LogP contribution in [0.15, 0.2) is 54.9 Å². The minimum Gasteiger partial charge on any atom is -0.486 e. The van der Waals surface area contributed by atoms with Gasteiger partial charge in [0.15, 0.2) is 17.6 Å². The second-order valence-corrected chi connectivity index (χ2v) is 6.41. The van der Waals surface area contributed by atoms with E-state index in [9.17, 15) is 9.18 Å². The van der Waals surface area contributed by atoms with Gasteiger partial charge in [0, 0.05) is 6.20 Å². The third kappa shape index (κ3) is 3.73. The number of hydrogen-bond acceptors (Lipinski definition) is 4. The highest BCUT2D eigenvalue weighted by atomic mass is 35.5. The number of halogens is 2. The minimum absolute atomic E-state index is 0.0475. The normalized spacial score (nSPS) is 15.4. The first kappa shape index (κ1) is 17.4. The molecule has 0 aliphatic carbocycles. The maximum Gasteiger partial charge on any atom is 0.260 e. The number of amides is 1. The van der Waals surface area contributed by atoms with Crippen LogP contribution >= 0.6 is 11.6 Å². The Hall–Kier alpha value is -3.06. The molecule has 1 amide bonds. The second kappa shape index (κ2) is 7.28. The fourth-order valence-corrected chi connectivity index (χ4v) is 3.05. The second-order valence-electron chi connectivity index (χ2n) is 6.00. The van der Waals surface area contributed by atoms with Crippen LogP contribution in [-0.2, 0) is 6.54 Å². The first-order chi connectivity index (χ1) is 13.1. The summed E-state index contributed by atoms with van der Waals surface area (Å²) in [6, 6.07) is 11.5. The lowest BCUT2D eigenvalue weighted by molar-refractivity contribution is 0.0759. The van der Waals surface area contributed by atoms with Crippen LogP contribution in [0.2, 0.25) is 5.02 Å². The first-order valence-corrected chi connectivity index (χ1v) is 8.64. The number of aromatic nitrogens is 2. The largest absolute Gasteiger partial charge is 0.486 e. The molecule has 27 heavy (non-hydrogen) atoms. The van der Waals surface area contributed by atoms with Crippen molar-refractivity contribution in [2.75, 3.05) is 11.9 Å². The molecule has 0 saturated heterocycles. The first-order valence-electron chi connectivity index (χ1n) is 8.26. The van der Waals surface area contributed by atoms with E-state index in [1.165, 1.54) is 24.4 Å².